The summed E-state index contributed by atoms with van der Waals surface area (Å²) < 4.78 is 0. The fraction of sp³-hybridized carbons (Fsp3) is 0.500. The first-order chi connectivity index (χ1) is 10.1. The summed E-state index contributed by atoms with van der Waals surface area (Å²) in [5, 5.41) is 14.4. The van der Waals surface area contributed by atoms with Gasteiger partial charge in [0.15, 0.2) is 0 Å². The van der Waals surface area contributed by atoms with Gasteiger partial charge < -0.3 is 15.7 Å². The van der Waals surface area contributed by atoms with E-state index >= 15 is 0 Å². The van der Waals surface area contributed by atoms with Crippen LogP contribution in [0, 0.1) is 5.92 Å². The number of rotatable bonds is 8. The lowest BCUT2D eigenvalue weighted by Gasteiger charge is -2.15. The van der Waals surface area contributed by atoms with E-state index in [1.807, 2.05) is 30.3 Å². The molecule has 1 aromatic rings. The van der Waals surface area contributed by atoms with Crippen molar-refractivity contribution < 1.29 is 14.7 Å². The molecule has 2 rings (SSSR count). The van der Waals surface area contributed by atoms with Crippen LogP contribution in [-0.2, 0) is 11.2 Å². The minimum Gasteiger partial charge on any atom is -0.480 e. The maximum Gasteiger partial charge on any atom is 0.326 e. The molecule has 5 nitrogen and oxygen atoms in total. The molecule has 1 aliphatic rings. The summed E-state index contributed by atoms with van der Waals surface area (Å²) in [5.41, 5.74) is 1.07. The zero-order valence-electron chi connectivity index (χ0n) is 12.0. The molecule has 0 spiro atoms. The first-order valence-corrected chi connectivity index (χ1v) is 7.46. The minimum atomic E-state index is -0.997. The van der Waals surface area contributed by atoms with Crippen LogP contribution in [-0.4, -0.2) is 29.7 Å². The molecule has 1 aliphatic carbocycles. The largest absolute Gasteiger partial charge is 0.480 e. The predicted molar refractivity (Wildman–Crippen MR) is 80.1 cm³/mol. The minimum absolute atomic E-state index is 0.384. The number of carbonyl (C=O) groups is 2. The van der Waals surface area contributed by atoms with E-state index in [-0.39, 0.29) is 0 Å². The van der Waals surface area contributed by atoms with E-state index in [2.05, 4.69) is 10.6 Å². The number of amides is 2. The van der Waals surface area contributed by atoms with E-state index in [0.29, 0.717) is 19.4 Å². The number of aryl methyl sites for hydroxylation is 1. The average Bonchev–Trinajstić information content (AvgIpc) is 3.28. The molecule has 1 atom stereocenters. The Bertz CT molecular complexity index is 472. The van der Waals surface area contributed by atoms with Crippen molar-refractivity contribution in [3.63, 3.8) is 0 Å². The first-order valence-electron chi connectivity index (χ1n) is 7.46. The zero-order valence-corrected chi connectivity index (χ0v) is 12.0. The lowest BCUT2D eigenvalue weighted by Crippen LogP contribution is -2.46. The molecule has 0 heterocycles. The fourth-order valence-electron chi connectivity index (χ4n) is 2.22. The van der Waals surface area contributed by atoms with E-state index < -0.39 is 18.0 Å². The number of benzene rings is 1. The van der Waals surface area contributed by atoms with Gasteiger partial charge in [0.25, 0.3) is 0 Å². The number of carboxylic acids is 1. The first kappa shape index (κ1) is 15.4. The molecule has 1 saturated carbocycles. The molecule has 0 radical (unpaired) electrons. The number of nitrogens with one attached hydrogen (secondary N) is 2. The van der Waals surface area contributed by atoms with Crippen LogP contribution < -0.4 is 10.6 Å². The van der Waals surface area contributed by atoms with E-state index in [1.54, 1.807) is 0 Å². The second kappa shape index (κ2) is 7.67. The van der Waals surface area contributed by atoms with Crippen molar-refractivity contribution in [2.45, 2.75) is 38.1 Å². The van der Waals surface area contributed by atoms with Gasteiger partial charge in [-0.05, 0) is 30.7 Å². The van der Waals surface area contributed by atoms with Crippen LogP contribution in [0.1, 0.15) is 31.2 Å². The Morgan fingerprint density at radius 3 is 2.57 bits per heavy atom. The Labute approximate surface area is 124 Å². The number of carbonyl (C=O) groups excluding carboxylic acids is 1. The highest BCUT2D eigenvalue weighted by Gasteiger charge is 2.22. The molecule has 3 N–H and O–H groups in total. The van der Waals surface area contributed by atoms with Crippen LogP contribution in [0.15, 0.2) is 30.3 Å². The van der Waals surface area contributed by atoms with Crippen LogP contribution >= 0.6 is 0 Å². The maximum atomic E-state index is 11.7. The monoisotopic (exact) mass is 290 g/mol. The normalized spacial score (nSPS) is 15.2. The van der Waals surface area contributed by atoms with Crippen LogP contribution in [0.2, 0.25) is 0 Å². The van der Waals surface area contributed by atoms with Gasteiger partial charge in [-0.3, -0.25) is 0 Å². The van der Waals surface area contributed by atoms with Crippen molar-refractivity contribution >= 4 is 12.0 Å². The summed E-state index contributed by atoms with van der Waals surface area (Å²) in [4.78, 5) is 22.9. The smallest absolute Gasteiger partial charge is 0.326 e. The Kier molecular flexibility index (Phi) is 5.60. The molecular weight excluding hydrogens is 268 g/mol. The number of aliphatic carboxylic acids is 1. The van der Waals surface area contributed by atoms with E-state index in [4.69, 9.17) is 0 Å². The van der Waals surface area contributed by atoms with E-state index in [0.717, 1.165) is 17.9 Å². The topological polar surface area (TPSA) is 78.4 Å². The molecule has 0 aliphatic heterocycles. The Morgan fingerprint density at radius 1 is 1.24 bits per heavy atom. The lowest BCUT2D eigenvalue weighted by atomic mass is 10.1. The van der Waals surface area contributed by atoms with Crippen LogP contribution in [0.5, 0.6) is 0 Å². The number of hydrogen-bond donors (Lipinski definition) is 3. The predicted octanol–water partition coefficient (Wildman–Crippen LogP) is 2.17. The van der Waals surface area contributed by atoms with Crippen molar-refractivity contribution in [1.29, 1.82) is 0 Å². The molecule has 1 aromatic carbocycles. The molecule has 114 valence electrons. The third kappa shape index (κ3) is 5.85. The molecule has 5 heteroatoms. The number of hydrogen-bond acceptors (Lipinski definition) is 2. The molecule has 0 saturated heterocycles. The summed E-state index contributed by atoms with van der Waals surface area (Å²) in [5.74, 6) is -0.248. The highest BCUT2D eigenvalue weighted by molar-refractivity contribution is 5.82. The third-order valence-corrected chi connectivity index (χ3v) is 3.70. The number of carboxylic acid groups (broad SMARTS) is 1. The standard InChI is InChI=1S/C16H22N2O3/c19-15(20)14(9-8-12-4-2-1-3-5-12)18-16(21)17-11-10-13-6-7-13/h1-5,13-14H,6-11H2,(H,19,20)(H2,17,18,21). The average molecular weight is 290 g/mol. The summed E-state index contributed by atoms with van der Waals surface area (Å²) >= 11 is 0. The second-order valence-electron chi connectivity index (χ2n) is 5.55. The molecule has 0 bridgehead atoms. The van der Waals surface area contributed by atoms with Gasteiger partial charge in [0.1, 0.15) is 6.04 Å². The van der Waals surface area contributed by atoms with Crippen LogP contribution in [0.4, 0.5) is 4.79 Å². The molecule has 1 unspecified atom stereocenters. The summed E-state index contributed by atoms with van der Waals surface area (Å²) in [6, 6.07) is 8.42. The summed E-state index contributed by atoms with van der Waals surface area (Å²) in [6.45, 7) is 0.613. The van der Waals surface area contributed by atoms with Crippen LogP contribution in [0.25, 0.3) is 0 Å². The molecule has 1 fully saturated rings. The van der Waals surface area contributed by atoms with Gasteiger partial charge in [-0.25, -0.2) is 9.59 Å². The molecule has 21 heavy (non-hydrogen) atoms. The third-order valence-electron chi connectivity index (χ3n) is 3.70. The van der Waals surface area contributed by atoms with Crippen molar-refractivity contribution in [2.75, 3.05) is 6.54 Å². The van der Waals surface area contributed by atoms with E-state index in [1.165, 1.54) is 12.8 Å². The highest BCUT2D eigenvalue weighted by Crippen LogP contribution is 2.31. The van der Waals surface area contributed by atoms with Gasteiger partial charge >= 0.3 is 12.0 Å². The lowest BCUT2D eigenvalue weighted by molar-refractivity contribution is -0.139. The van der Waals surface area contributed by atoms with Crippen molar-refractivity contribution in [2.24, 2.45) is 5.92 Å². The molecule has 2 amide bonds. The van der Waals surface area contributed by atoms with Gasteiger partial charge in [-0.15, -0.1) is 0 Å². The summed E-state index contributed by atoms with van der Waals surface area (Å²) in [7, 11) is 0. The maximum absolute atomic E-state index is 11.7. The van der Waals surface area contributed by atoms with Crippen molar-refractivity contribution in [3.05, 3.63) is 35.9 Å². The number of urea groups is 1. The Hall–Kier alpha value is -2.04. The van der Waals surface area contributed by atoms with Gasteiger partial charge in [0.05, 0.1) is 0 Å². The fourth-order valence-corrected chi connectivity index (χ4v) is 2.22. The SMILES string of the molecule is O=C(NCCC1CC1)NC(CCc1ccccc1)C(=O)O. The summed E-state index contributed by atoms with van der Waals surface area (Å²) in [6.07, 6.45) is 4.49. The van der Waals surface area contributed by atoms with Gasteiger partial charge in [-0.1, -0.05) is 43.2 Å². The zero-order chi connectivity index (χ0) is 15.1. The van der Waals surface area contributed by atoms with Crippen molar-refractivity contribution in [3.8, 4) is 0 Å². The Morgan fingerprint density at radius 2 is 1.95 bits per heavy atom. The van der Waals surface area contributed by atoms with Gasteiger partial charge in [0, 0.05) is 6.54 Å². The second-order valence-corrected chi connectivity index (χ2v) is 5.55. The van der Waals surface area contributed by atoms with Crippen molar-refractivity contribution in [1.82, 2.24) is 10.6 Å². The molecular formula is C16H22N2O3. The highest BCUT2D eigenvalue weighted by atomic mass is 16.4. The quantitative estimate of drug-likeness (QED) is 0.686. The van der Waals surface area contributed by atoms with Gasteiger partial charge in [0.2, 0.25) is 0 Å². The Balaban J connectivity index is 1.72. The van der Waals surface area contributed by atoms with Gasteiger partial charge in [-0.2, -0.15) is 0 Å². The van der Waals surface area contributed by atoms with E-state index in [9.17, 15) is 14.7 Å². The molecule has 0 aromatic heterocycles. The van der Waals surface area contributed by atoms with Crippen LogP contribution in [0.3, 0.4) is 0 Å².